The number of hydrogen-bond donors (Lipinski definition) is 4. The molecular weight excluding hydrogens is 222 g/mol. The maximum absolute atomic E-state index is 10.9. The predicted molar refractivity (Wildman–Crippen MR) is 46.9 cm³/mol. The molecule has 8 heteroatoms. The maximum Gasteiger partial charge on any atom is 0.227 e. The van der Waals surface area contributed by atoms with Crippen LogP contribution in [0.25, 0.3) is 0 Å². The van der Waals surface area contributed by atoms with E-state index in [-0.39, 0.29) is 0 Å². The molecule has 5 atom stereocenters. The molecule has 2 fully saturated rings. The standard InChI is InChI=1S/C8H13NO7/c1-3(11)9-8-6(16-13)5(12)4(2-10)14-7(8)15-8/h4-7,10,12-13H,2H2,1H3,(H,9,11)/t4-,5-,6+,7?,8+/m1/s1. The molecule has 4 N–H and O–H groups in total. The molecule has 1 unspecified atom stereocenters. The van der Waals surface area contributed by atoms with Gasteiger partial charge in [-0.25, -0.2) is 4.89 Å². The fraction of sp³-hybridized carbons (Fsp3) is 0.875. The summed E-state index contributed by atoms with van der Waals surface area (Å²) in [6.45, 7) is 0.809. The first-order valence-electron chi connectivity index (χ1n) is 4.76. The Labute approximate surface area is 90.6 Å². The highest BCUT2D eigenvalue weighted by Gasteiger charge is 2.71. The summed E-state index contributed by atoms with van der Waals surface area (Å²) in [5.41, 5.74) is -1.37. The minimum Gasteiger partial charge on any atom is -0.394 e. The Hall–Kier alpha value is -0.770. The number of aliphatic hydroxyl groups excluding tert-OH is 2. The molecule has 0 spiro atoms. The number of fused-ring (bicyclic) bond motifs is 1. The molecule has 2 heterocycles. The van der Waals surface area contributed by atoms with Crippen LogP contribution < -0.4 is 5.32 Å². The van der Waals surface area contributed by atoms with Gasteiger partial charge in [0.1, 0.15) is 12.2 Å². The normalized spacial score (nSPS) is 46.0. The lowest BCUT2D eigenvalue weighted by Crippen LogP contribution is -2.61. The van der Waals surface area contributed by atoms with Crippen molar-refractivity contribution in [1.82, 2.24) is 5.32 Å². The number of ether oxygens (including phenoxy) is 2. The van der Waals surface area contributed by atoms with Gasteiger partial charge in [-0.1, -0.05) is 0 Å². The van der Waals surface area contributed by atoms with Crippen molar-refractivity contribution >= 4 is 5.91 Å². The van der Waals surface area contributed by atoms with Gasteiger partial charge in [-0.15, -0.1) is 0 Å². The van der Waals surface area contributed by atoms with Crippen LogP contribution in [0.3, 0.4) is 0 Å². The molecule has 0 aromatic carbocycles. The van der Waals surface area contributed by atoms with E-state index >= 15 is 0 Å². The van der Waals surface area contributed by atoms with Crippen molar-refractivity contribution in [3.05, 3.63) is 0 Å². The molecule has 0 saturated carbocycles. The van der Waals surface area contributed by atoms with Crippen LogP contribution in [0.1, 0.15) is 6.92 Å². The van der Waals surface area contributed by atoms with Crippen LogP contribution >= 0.6 is 0 Å². The zero-order valence-electron chi connectivity index (χ0n) is 8.49. The van der Waals surface area contributed by atoms with Gasteiger partial charge in [-0.3, -0.25) is 10.1 Å². The second kappa shape index (κ2) is 3.91. The third-order valence-corrected chi connectivity index (χ3v) is 2.67. The van der Waals surface area contributed by atoms with Crippen molar-refractivity contribution in [2.24, 2.45) is 0 Å². The Morgan fingerprint density at radius 2 is 2.31 bits per heavy atom. The van der Waals surface area contributed by atoms with Crippen LogP contribution in [-0.2, 0) is 19.2 Å². The maximum atomic E-state index is 10.9. The second-order valence-corrected chi connectivity index (χ2v) is 3.80. The van der Waals surface area contributed by atoms with E-state index in [0.717, 1.165) is 0 Å². The van der Waals surface area contributed by atoms with E-state index in [9.17, 15) is 9.90 Å². The molecule has 92 valence electrons. The van der Waals surface area contributed by atoms with E-state index in [4.69, 9.17) is 19.8 Å². The first-order valence-corrected chi connectivity index (χ1v) is 4.76. The first-order chi connectivity index (χ1) is 7.55. The number of hydrogen-bond acceptors (Lipinski definition) is 7. The molecule has 2 rings (SSSR count). The number of carbonyl (C=O) groups excluding carboxylic acids is 1. The van der Waals surface area contributed by atoms with Crippen LogP contribution in [0.2, 0.25) is 0 Å². The average Bonchev–Trinajstić information content (AvgIpc) is 2.89. The molecule has 0 aliphatic carbocycles. The summed E-state index contributed by atoms with van der Waals surface area (Å²) < 4.78 is 10.2. The number of nitrogens with one attached hydrogen (secondary N) is 1. The number of rotatable bonds is 3. The smallest absolute Gasteiger partial charge is 0.227 e. The van der Waals surface area contributed by atoms with Crippen LogP contribution in [0.15, 0.2) is 0 Å². The van der Waals surface area contributed by atoms with Crippen LogP contribution in [0, 0.1) is 0 Å². The molecule has 2 saturated heterocycles. The predicted octanol–water partition coefficient (Wildman–Crippen LogP) is -2.21. The van der Waals surface area contributed by atoms with Gasteiger partial charge in [0.2, 0.25) is 17.9 Å². The van der Waals surface area contributed by atoms with Gasteiger partial charge in [-0.2, -0.15) is 0 Å². The van der Waals surface area contributed by atoms with Crippen molar-refractivity contribution in [2.45, 2.75) is 37.3 Å². The van der Waals surface area contributed by atoms with Crippen molar-refractivity contribution in [2.75, 3.05) is 6.61 Å². The molecule has 16 heavy (non-hydrogen) atoms. The van der Waals surface area contributed by atoms with Gasteiger partial charge in [0.25, 0.3) is 0 Å². The minimum absolute atomic E-state index is 0.414. The summed E-state index contributed by atoms with van der Waals surface area (Å²) in [5.74, 6) is -0.414. The van der Waals surface area contributed by atoms with Crippen LogP contribution in [0.4, 0.5) is 0 Å². The van der Waals surface area contributed by atoms with Gasteiger partial charge >= 0.3 is 0 Å². The SMILES string of the molecule is CC(=O)N[C@@]12OC1O[C@H](CO)[C@@H](O)[C@@H]2OO. The molecule has 8 nitrogen and oxygen atoms in total. The summed E-state index contributed by atoms with van der Waals surface area (Å²) in [4.78, 5) is 15.1. The second-order valence-electron chi connectivity index (χ2n) is 3.80. The molecule has 1 amide bonds. The van der Waals surface area contributed by atoms with E-state index < -0.39 is 42.8 Å². The highest BCUT2D eigenvalue weighted by Crippen LogP contribution is 2.45. The first kappa shape index (κ1) is 11.7. The molecule has 0 aromatic heterocycles. The summed E-state index contributed by atoms with van der Waals surface area (Å²) >= 11 is 0. The quantitative estimate of drug-likeness (QED) is 0.248. The Balaban J connectivity index is 2.16. The Kier molecular flexibility index (Phi) is 2.86. The van der Waals surface area contributed by atoms with E-state index in [0.29, 0.717) is 0 Å². The zero-order chi connectivity index (χ0) is 11.9. The van der Waals surface area contributed by atoms with Crippen molar-refractivity contribution < 1.29 is 34.6 Å². The average molecular weight is 235 g/mol. The number of amides is 1. The number of epoxide rings is 1. The molecule has 2 aliphatic rings. The Morgan fingerprint density at radius 3 is 2.81 bits per heavy atom. The van der Waals surface area contributed by atoms with Gasteiger partial charge < -0.3 is 25.0 Å². The zero-order valence-corrected chi connectivity index (χ0v) is 8.49. The topological polar surface area (TPSA) is 121 Å². The lowest BCUT2D eigenvalue weighted by Gasteiger charge is -2.34. The fourth-order valence-corrected chi connectivity index (χ4v) is 1.89. The molecule has 0 bridgehead atoms. The summed E-state index contributed by atoms with van der Waals surface area (Å²) in [5, 5.41) is 29.7. The molecule has 0 aromatic rings. The lowest BCUT2D eigenvalue weighted by atomic mass is 9.98. The van der Waals surface area contributed by atoms with Gasteiger partial charge in [0.05, 0.1) is 6.61 Å². The number of aliphatic hydroxyl groups is 2. The van der Waals surface area contributed by atoms with Crippen molar-refractivity contribution in [3.8, 4) is 0 Å². The third-order valence-electron chi connectivity index (χ3n) is 2.67. The van der Waals surface area contributed by atoms with Crippen molar-refractivity contribution in [1.29, 1.82) is 0 Å². The van der Waals surface area contributed by atoms with E-state index in [1.807, 2.05) is 0 Å². The van der Waals surface area contributed by atoms with E-state index in [2.05, 4.69) is 10.2 Å². The van der Waals surface area contributed by atoms with Gasteiger partial charge in [-0.05, 0) is 0 Å². The highest BCUT2D eigenvalue weighted by atomic mass is 17.1. The minimum atomic E-state index is -1.37. The molecule has 0 radical (unpaired) electrons. The Morgan fingerprint density at radius 1 is 1.62 bits per heavy atom. The van der Waals surface area contributed by atoms with Gasteiger partial charge in [0, 0.05) is 6.92 Å². The largest absolute Gasteiger partial charge is 0.394 e. The summed E-state index contributed by atoms with van der Waals surface area (Å²) in [7, 11) is 0. The summed E-state index contributed by atoms with van der Waals surface area (Å²) in [6, 6.07) is 0. The van der Waals surface area contributed by atoms with Crippen LogP contribution in [-0.4, -0.2) is 58.3 Å². The summed E-state index contributed by atoms with van der Waals surface area (Å²) in [6.07, 6.45) is -4.27. The monoisotopic (exact) mass is 235 g/mol. The fourth-order valence-electron chi connectivity index (χ4n) is 1.89. The van der Waals surface area contributed by atoms with E-state index in [1.54, 1.807) is 0 Å². The van der Waals surface area contributed by atoms with E-state index in [1.165, 1.54) is 6.92 Å². The lowest BCUT2D eigenvalue weighted by molar-refractivity contribution is -0.329. The van der Waals surface area contributed by atoms with Crippen LogP contribution in [0.5, 0.6) is 0 Å². The Bertz CT molecular complexity index is 298. The van der Waals surface area contributed by atoms with Gasteiger partial charge in [0.15, 0.2) is 6.10 Å². The molecular formula is C8H13NO7. The highest BCUT2D eigenvalue weighted by molar-refractivity contribution is 5.74. The third kappa shape index (κ3) is 1.59. The van der Waals surface area contributed by atoms with Crippen molar-refractivity contribution in [3.63, 3.8) is 0 Å². The number of carbonyl (C=O) groups is 1. The molecule has 2 aliphatic heterocycles.